The van der Waals surface area contributed by atoms with Crippen LogP contribution in [-0.2, 0) is 9.59 Å². The molecule has 2 N–H and O–H groups in total. The van der Waals surface area contributed by atoms with Gasteiger partial charge >= 0.3 is 11.9 Å². The van der Waals surface area contributed by atoms with Gasteiger partial charge in [0.1, 0.15) is 0 Å². The molecule has 0 radical (unpaired) electrons. The third-order valence-corrected chi connectivity index (χ3v) is 3.45. The van der Waals surface area contributed by atoms with E-state index in [0.717, 1.165) is 18.4 Å². The second-order valence-electron chi connectivity index (χ2n) is 4.57. The summed E-state index contributed by atoms with van der Waals surface area (Å²) in [5, 5.41) is 17.7. The maximum atomic E-state index is 10.8. The summed E-state index contributed by atoms with van der Waals surface area (Å²) in [4.78, 5) is 21.7. The quantitative estimate of drug-likeness (QED) is 0.569. The molecular weight excluding hydrogens is 208 g/mol. The fourth-order valence-electron chi connectivity index (χ4n) is 2.35. The zero-order valence-corrected chi connectivity index (χ0v) is 9.64. The van der Waals surface area contributed by atoms with Gasteiger partial charge in [-0.2, -0.15) is 0 Å². The van der Waals surface area contributed by atoms with E-state index in [1.807, 2.05) is 6.92 Å². The zero-order valence-electron chi connectivity index (χ0n) is 9.64. The summed E-state index contributed by atoms with van der Waals surface area (Å²) in [5.74, 6) is -3.30. The van der Waals surface area contributed by atoms with Gasteiger partial charge in [0.2, 0.25) is 0 Å². The molecule has 0 aliphatic heterocycles. The highest BCUT2D eigenvalue weighted by molar-refractivity contribution is 5.92. The highest BCUT2D eigenvalue weighted by Crippen LogP contribution is 2.34. The van der Waals surface area contributed by atoms with E-state index in [0.29, 0.717) is 5.92 Å². The normalized spacial score (nSPS) is 25.3. The second-order valence-corrected chi connectivity index (χ2v) is 4.57. The van der Waals surface area contributed by atoms with E-state index in [9.17, 15) is 9.59 Å². The largest absolute Gasteiger partial charge is 0.481 e. The number of rotatable bonds is 4. The number of allylic oxidation sites excluding steroid dienone is 2. The zero-order chi connectivity index (χ0) is 12.3. The summed E-state index contributed by atoms with van der Waals surface area (Å²) in [5.41, 5.74) is 1.13. The molecule has 4 nitrogen and oxygen atoms in total. The smallest absolute Gasteiger partial charge is 0.317 e. The van der Waals surface area contributed by atoms with Crippen molar-refractivity contribution < 1.29 is 19.8 Å². The van der Waals surface area contributed by atoms with Crippen LogP contribution in [0, 0.1) is 17.8 Å². The summed E-state index contributed by atoms with van der Waals surface area (Å²) >= 11 is 0. The van der Waals surface area contributed by atoms with E-state index in [-0.39, 0.29) is 12.3 Å². The van der Waals surface area contributed by atoms with Crippen LogP contribution in [0.3, 0.4) is 0 Å². The summed E-state index contributed by atoms with van der Waals surface area (Å²) < 4.78 is 0. The molecule has 0 spiro atoms. The molecule has 1 rings (SSSR count). The van der Waals surface area contributed by atoms with Gasteiger partial charge in [-0.05, 0) is 38.0 Å². The number of hydrogen-bond donors (Lipinski definition) is 2. The van der Waals surface area contributed by atoms with E-state index in [1.165, 1.54) is 0 Å². The topological polar surface area (TPSA) is 74.6 Å². The first-order chi connectivity index (χ1) is 7.43. The molecule has 0 amide bonds. The SMILES string of the molecule is CC1=CCCC(C)C1CC(C(=O)O)C(=O)O. The average molecular weight is 226 g/mol. The molecule has 0 bridgehead atoms. The molecule has 2 unspecified atom stereocenters. The van der Waals surface area contributed by atoms with Gasteiger partial charge in [0.15, 0.2) is 5.92 Å². The summed E-state index contributed by atoms with van der Waals surface area (Å²) in [7, 11) is 0. The first-order valence-electron chi connectivity index (χ1n) is 5.55. The van der Waals surface area contributed by atoms with Crippen molar-refractivity contribution in [1.29, 1.82) is 0 Å². The Hall–Kier alpha value is -1.32. The third kappa shape index (κ3) is 2.84. The maximum absolute atomic E-state index is 10.8. The molecule has 0 saturated heterocycles. The van der Waals surface area contributed by atoms with Crippen LogP contribution in [0.4, 0.5) is 0 Å². The van der Waals surface area contributed by atoms with Crippen molar-refractivity contribution in [3.05, 3.63) is 11.6 Å². The lowest BCUT2D eigenvalue weighted by Crippen LogP contribution is -2.29. The van der Waals surface area contributed by atoms with Crippen LogP contribution in [0.5, 0.6) is 0 Å². The summed E-state index contributed by atoms with van der Waals surface area (Å²) in [6, 6.07) is 0. The van der Waals surface area contributed by atoms with Gasteiger partial charge in [-0.15, -0.1) is 0 Å². The monoisotopic (exact) mass is 226 g/mol. The van der Waals surface area contributed by atoms with Gasteiger partial charge in [-0.1, -0.05) is 18.6 Å². The standard InChI is InChI=1S/C12H18O4/c1-7-4-3-5-8(2)9(7)6-10(11(13)14)12(15)16/h4,8-10H,3,5-6H2,1-2H3,(H,13,14)(H,15,16). The molecule has 1 aliphatic rings. The molecular formula is C12H18O4. The molecule has 0 aromatic rings. The van der Waals surface area contributed by atoms with E-state index in [4.69, 9.17) is 10.2 Å². The van der Waals surface area contributed by atoms with Crippen LogP contribution in [0.2, 0.25) is 0 Å². The molecule has 0 aromatic heterocycles. The minimum atomic E-state index is -1.28. The Morgan fingerprint density at radius 2 is 2.00 bits per heavy atom. The summed E-state index contributed by atoms with van der Waals surface area (Å²) in [6.45, 7) is 4.02. The Labute approximate surface area is 95.0 Å². The number of aliphatic carboxylic acids is 2. The van der Waals surface area contributed by atoms with Gasteiger partial charge in [-0.25, -0.2) is 0 Å². The minimum absolute atomic E-state index is 0.0888. The fourth-order valence-corrected chi connectivity index (χ4v) is 2.35. The Balaban J connectivity index is 2.77. The molecule has 16 heavy (non-hydrogen) atoms. The van der Waals surface area contributed by atoms with Crippen molar-refractivity contribution in [2.45, 2.75) is 33.1 Å². The van der Waals surface area contributed by atoms with Crippen molar-refractivity contribution in [1.82, 2.24) is 0 Å². The molecule has 90 valence electrons. The number of hydrogen-bond acceptors (Lipinski definition) is 2. The molecule has 0 heterocycles. The molecule has 0 saturated carbocycles. The van der Waals surface area contributed by atoms with Crippen molar-refractivity contribution in [3.8, 4) is 0 Å². The van der Waals surface area contributed by atoms with Gasteiger partial charge in [-0.3, -0.25) is 9.59 Å². The van der Waals surface area contributed by atoms with Crippen molar-refractivity contribution in [2.24, 2.45) is 17.8 Å². The molecule has 0 aromatic carbocycles. The highest BCUT2D eigenvalue weighted by Gasteiger charge is 2.32. The minimum Gasteiger partial charge on any atom is -0.481 e. The molecule has 4 heteroatoms. The van der Waals surface area contributed by atoms with E-state index in [2.05, 4.69) is 13.0 Å². The van der Waals surface area contributed by atoms with Crippen LogP contribution >= 0.6 is 0 Å². The molecule has 1 aliphatic carbocycles. The number of carboxylic acids is 2. The van der Waals surface area contributed by atoms with Crippen LogP contribution in [-0.4, -0.2) is 22.2 Å². The van der Waals surface area contributed by atoms with Crippen molar-refractivity contribution in [2.75, 3.05) is 0 Å². The van der Waals surface area contributed by atoms with Crippen LogP contribution < -0.4 is 0 Å². The van der Waals surface area contributed by atoms with Crippen LogP contribution in [0.15, 0.2) is 11.6 Å². The number of carboxylic acid groups (broad SMARTS) is 2. The average Bonchev–Trinajstić information content (AvgIpc) is 2.15. The summed E-state index contributed by atoms with van der Waals surface area (Å²) in [6.07, 6.45) is 4.31. The Kier molecular flexibility index (Phi) is 4.10. The molecule has 2 atom stereocenters. The maximum Gasteiger partial charge on any atom is 0.317 e. The predicted octanol–water partition coefficient (Wildman–Crippen LogP) is 2.15. The Morgan fingerprint density at radius 1 is 1.44 bits per heavy atom. The van der Waals surface area contributed by atoms with E-state index < -0.39 is 17.9 Å². The van der Waals surface area contributed by atoms with Gasteiger partial charge in [0, 0.05) is 0 Å². The fraction of sp³-hybridized carbons (Fsp3) is 0.667. The van der Waals surface area contributed by atoms with Crippen LogP contribution in [0.25, 0.3) is 0 Å². The Morgan fingerprint density at radius 3 is 2.44 bits per heavy atom. The van der Waals surface area contributed by atoms with Crippen molar-refractivity contribution in [3.63, 3.8) is 0 Å². The Bertz CT molecular complexity index is 305. The first kappa shape index (κ1) is 12.7. The third-order valence-electron chi connectivity index (χ3n) is 3.45. The lowest BCUT2D eigenvalue weighted by Gasteiger charge is -2.29. The van der Waals surface area contributed by atoms with E-state index in [1.54, 1.807) is 0 Å². The second kappa shape index (κ2) is 5.14. The predicted molar refractivity (Wildman–Crippen MR) is 59.0 cm³/mol. The van der Waals surface area contributed by atoms with Crippen molar-refractivity contribution >= 4 is 11.9 Å². The van der Waals surface area contributed by atoms with Gasteiger partial charge in [0.05, 0.1) is 0 Å². The van der Waals surface area contributed by atoms with Gasteiger partial charge < -0.3 is 10.2 Å². The first-order valence-corrected chi connectivity index (χ1v) is 5.55. The number of carbonyl (C=O) groups is 2. The molecule has 0 fully saturated rings. The van der Waals surface area contributed by atoms with Gasteiger partial charge in [0.25, 0.3) is 0 Å². The van der Waals surface area contributed by atoms with E-state index >= 15 is 0 Å². The van der Waals surface area contributed by atoms with Crippen LogP contribution in [0.1, 0.15) is 33.1 Å². The highest BCUT2D eigenvalue weighted by atomic mass is 16.4. The lowest BCUT2D eigenvalue weighted by molar-refractivity contribution is -0.155. The lowest BCUT2D eigenvalue weighted by atomic mass is 9.75.